The van der Waals surface area contributed by atoms with Crippen LogP contribution >= 0.6 is 0 Å². The van der Waals surface area contributed by atoms with Crippen LogP contribution in [-0.4, -0.2) is 19.2 Å². The van der Waals surface area contributed by atoms with Crippen LogP contribution in [0.5, 0.6) is 5.75 Å². The molecule has 0 saturated carbocycles. The number of benzene rings is 2. The second-order valence-corrected chi connectivity index (χ2v) is 5.01. The number of carbonyl (C=O) groups excluding carboxylic acids is 1. The molecule has 3 nitrogen and oxygen atoms in total. The van der Waals surface area contributed by atoms with E-state index < -0.39 is 0 Å². The Labute approximate surface area is 137 Å². The summed E-state index contributed by atoms with van der Waals surface area (Å²) in [5.41, 5.74) is 1.20. The van der Waals surface area contributed by atoms with E-state index in [0.717, 1.165) is 6.42 Å². The molecule has 0 spiro atoms. The summed E-state index contributed by atoms with van der Waals surface area (Å²) in [5, 5.41) is 0. The maximum absolute atomic E-state index is 12.3. The quantitative estimate of drug-likeness (QED) is 0.766. The predicted molar refractivity (Wildman–Crippen MR) is 88.9 cm³/mol. The molecule has 2 aromatic rings. The zero-order valence-corrected chi connectivity index (χ0v) is 13.8. The first kappa shape index (κ1) is 18.7. The molecule has 1 unspecified atom stereocenters. The SMILES string of the molecule is CCC(=O)OC(C)Cc1ccccc1.COc1cccc(F)c1. The second-order valence-electron chi connectivity index (χ2n) is 5.01. The van der Waals surface area contributed by atoms with Crippen molar-refractivity contribution in [1.82, 2.24) is 0 Å². The summed E-state index contributed by atoms with van der Waals surface area (Å²) in [7, 11) is 1.51. The van der Waals surface area contributed by atoms with Gasteiger partial charge in [-0.3, -0.25) is 4.79 Å². The van der Waals surface area contributed by atoms with Gasteiger partial charge in [0.15, 0.2) is 0 Å². The number of methoxy groups -OCH3 is 1. The monoisotopic (exact) mass is 318 g/mol. The Bertz CT molecular complexity index is 584. The largest absolute Gasteiger partial charge is 0.497 e. The normalized spacial score (nSPS) is 11.0. The molecule has 0 N–H and O–H groups in total. The van der Waals surface area contributed by atoms with Crippen molar-refractivity contribution in [2.24, 2.45) is 0 Å². The van der Waals surface area contributed by atoms with Crippen LogP contribution in [0.4, 0.5) is 4.39 Å². The molecular formula is C19H23FO3. The van der Waals surface area contributed by atoms with Gasteiger partial charge in [-0.05, 0) is 24.6 Å². The van der Waals surface area contributed by atoms with Crippen molar-refractivity contribution in [1.29, 1.82) is 0 Å². The van der Waals surface area contributed by atoms with Gasteiger partial charge in [0.2, 0.25) is 0 Å². The highest BCUT2D eigenvalue weighted by atomic mass is 19.1. The third kappa shape index (κ3) is 8.00. The summed E-state index contributed by atoms with van der Waals surface area (Å²) < 4.78 is 22.2. The van der Waals surface area contributed by atoms with E-state index in [-0.39, 0.29) is 17.9 Å². The molecule has 0 fully saturated rings. The minimum Gasteiger partial charge on any atom is -0.497 e. The topological polar surface area (TPSA) is 35.5 Å². The first-order chi connectivity index (χ1) is 11.0. The van der Waals surface area contributed by atoms with Gasteiger partial charge in [-0.25, -0.2) is 4.39 Å². The molecule has 1 atom stereocenters. The summed E-state index contributed by atoms with van der Waals surface area (Å²) in [4.78, 5) is 11.0. The van der Waals surface area contributed by atoms with Crippen LogP contribution in [0.15, 0.2) is 54.6 Å². The number of ether oxygens (including phenoxy) is 2. The lowest BCUT2D eigenvalue weighted by molar-refractivity contribution is -0.147. The van der Waals surface area contributed by atoms with Crippen LogP contribution in [0.3, 0.4) is 0 Å². The highest BCUT2D eigenvalue weighted by Gasteiger charge is 2.07. The Kier molecular flexibility index (Phi) is 8.43. The first-order valence-corrected chi connectivity index (χ1v) is 7.58. The summed E-state index contributed by atoms with van der Waals surface area (Å²) in [5.74, 6) is 0.151. The van der Waals surface area contributed by atoms with Gasteiger partial charge >= 0.3 is 5.97 Å². The minimum atomic E-state index is -0.269. The fourth-order valence-corrected chi connectivity index (χ4v) is 1.89. The van der Waals surface area contributed by atoms with Crippen LogP contribution in [0.25, 0.3) is 0 Å². The Morgan fingerprint density at radius 2 is 1.83 bits per heavy atom. The van der Waals surface area contributed by atoms with Gasteiger partial charge in [0.25, 0.3) is 0 Å². The van der Waals surface area contributed by atoms with E-state index in [1.807, 2.05) is 37.3 Å². The standard InChI is InChI=1S/C12H16O2.C7H7FO/c1-3-12(13)14-10(2)9-11-7-5-4-6-8-11;1-9-7-4-2-3-6(8)5-7/h4-8,10H,3,9H2,1-2H3;2-5H,1H3. The number of hydrogen-bond donors (Lipinski definition) is 0. The average molecular weight is 318 g/mol. The van der Waals surface area contributed by atoms with Crippen molar-refractivity contribution < 1.29 is 18.7 Å². The highest BCUT2D eigenvalue weighted by molar-refractivity contribution is 5.69. The maximum atomic E-state index is 12.3. The fourth-order valence-electron chi connectivity index (χ4n) is 1.89. The summed E-state index contributed by atoms with van der Waals surface area (Å²) in [6, 6.07) is 16.0. The third-order valence-corrected chi connectivity index (χ3v) is 3.02. The predicted octanol–water partition coefficient (Wildman–Crippen LogP) is 4.41. The van der Waals surface area contributed by atoms with Gasteiger partial charge in [0.1, 0.15) is 17.7 Å². The molecule has 0 aliphatic heterocycles. The lowest BCUT2D eigenvalue weighted by atomic mass is 10.1. The van der Waals surface area contributed by atoms with Crippen LogP contribution in [0, 0.1) is 5.82 Å². The van der Waals surface area contributed by atoms with Gasteiger partial charge in [-0.1, -0.05) is 43.3 Å². The molecule has 4 heteroatoms. The van der Waals surface area contributed by atoms with Crippen LogP contribution in [0.1, 0.15) is 25.8 Å². The van der Waals surface area contributed by atoms with E-state index in [4.69, 9.17) is 9.47 Å². The van der Waals surface area contributed by atoms with Crippen molar-refractivity contribution in [3.8, 4) is 5.75 Å². The molecule has 23 heavy (non-hydrogen) atoms. The van der Waals surface area contributed by atoms with Gasteiger partial charge in [0.05, 0.1) is 7.11 Å². The number of carbonyl (C=O) groups is 1. The van der Waals surface area contributed by atoms with Crippen molar-refractivity contribution in [2.75, 3.05) is 7.11 Å². The summed E-state index contributed by atoms with van der Waals surface area (Å²) in [6.45, 7) is 3.72. The van der Waals surface area contributed by atoms with Crippen LogP contribution in [0.2, 0.25) is 0 Å². The van der Waals surface area contributed by atoms with Gasteiger partial charge in [0, 0.05) is 18.9 Å². The maximum Gasteiger partial charge on any atom is 0.305 e. The number of esters is 1. The molecule has 0 aliphatic rings. The average Bonchev–Trinajstić information content (AvgIpc) is 2.56. The molecule has 0 heterocycles. The zero-order valence-electron chi connectivity index (χ0n) is 13.8. The summed E-state index contributed by atoms with van der Waals surface area (Å²) >= 11 is 0. The number of hydrogen-bond acceptors (Lipinski definition) is 3. The minimum absolute atomic E-state index is 0.0372. The highest BCUT2D eigenvalue weighted by Crippen LogP contribution is 2.10. The molecule has 0 bridgehead atoms. The van der Waals surface area contributed by atoms with Gasteiger partial charge < -0.3 is 9.47 Å². The lowest BCUT2D eigenvalue weighted by Crippen LogP contribution is -2.16. The van der Waals surface area contributed by atoms with Crippen molar-refractivity contribution in [3.63, 3.8) is 0 Å². The number of halogens is 1. The van der Waals surface area contributed by atoms with Crippen LogP contribution in [-0.2, 0) is 16.0 Å². The molecule has 0 aliphatic carbocycles. The Balaban J connectivity index is 0.000000253. The van der Waals surface area contributed by atoms with Gasteiger partial charge in [-0.2, -0.15) is 0 Å². The first-order valence-electron chi connectivity index (χ1n) is 7.58. The molecule has 0 amide bonds. The van der Waals surface area contributed by atoms with E-state index in [0.29, 0.717) is 12.2 Å². The van der Waals surface area contributed by atoms with E-state index in [9.17, 15) is 9.18 Å². The second kappa shape index (κ2) is 10.4. The van der Waals surface area contributed by atoms with E-state index in [1.165, 1.54) is 24.8 Å². The van der Waals surface area contributed by atoms with Gasteiger partial charge in [-0.15, -0.1) is 0 Å². The summed E-state index contributed by atoms with van der Waals surface area (Å²) in [6.07, 6.45) is 1.19. The van der Waals surface area contributed by atoms with E-state index in [1.54, 1.807) is 19.1 Å². The lowest BCUT2D eigenvalue weighted by Gasteiger charge is -2.12. The van der Waals surface area contributed by atoms with Crippen molar-refractivity contribution in [2.45, 2.75) is 32.8 Å². The Morgan fingerprint density at radius 1 is 1.13 bits per heavy atom. The van der Waals surface area contributed by atoms with E-state index >= 15 is 0 Å². The third-order valence-electron chi connectivity index (χ3n) is 3.02. The van der Waals surface area contributed by atoms with E-state index in [2.05, 4.69) is 0 Å². The van der Waals surface area contributed by atoms with Crippen molar-refractivity contribution >= 4 is 5.97 Å². The Morgan fingerprint density at radius 3 is 2.35 bits per heavy atom. The zero-order chi connectivity index (χ0) is 17.1. The molecule has 0 aromatic heterocycles. The molecule has 2 rings (SSSR count). The van der Waals surface area contributed by atoms with Crippen molar-refractivity contribution in [3.05, 3.63) is 66.0 Å². The smallest absolute Gasteiger partial charge is 0.305 e. The molecule has 124 valence electrons. The van der Waals surface area contributed by atoms with Crippen LogP contribution < -0.4 is 4.74 Å². The molecule has 0 radical (unpaired) electrons. The molecule has 0 saturated heterocycles. The molecule has 2 aromatic carbocycles. The number of rotatable bonds is 5. The molecular weight excluding hydrogens is 295 g/mol. The fraction of sp³-hybridized carbons (Fsp3) is 0.316. The Hall–Kier alpha value is -2.36.